The molecule has 0 saturated carbocycles. The predicted molar refractivity (Wildman–Crippen MR) is 84.5 cm³/mol. The summed E-state index contributed by atoms with van der Waals surface area (Å²) < 4.78 is 2.87. The van der Waals surface area contributed by atoms with Crippen LogP contribution in [0.4, 0.5) is 5.13 Å². The number of benzene rings is 1. The van der Waals surface area contributed by atoms with Gasteiger partial charge in [0.1, 0.15) is 0 Å². The number of aryl methyl sites for hydroxylation is 1. The Balaban J connectivity index is 1.68. The topological polar surface area (TPSA) is 59.8 Å². The summed E-state index contributed by atoms with van der Waals surface area (Å²) in [6.45, 7) is 4.01. The van der Waals surface area contributed by atoms with E-state index in [1.807, 2.05) is 38.2 Å². The van der Waals surface area contributed by atoms with Gasteiger partial charge >= 0.3 is 0 Å². The molecule has 1 N–H and O–H groups in total. The van der Waals surface area contributed by atoms with Crippen LogP contribution in [0.5, 0.6) is 0 Å². The van der Waals surface area contributed by atoms with E-state index in [0.29, 0.717) is 11.6 Å². The molecule has 0 saturated heterocycles. The first-order valence-electron chi connectivity index (χ1n) is 6.78. The maximum absolute atomic E-state index is 12.1. The van der Waals surface area contributed by atoms with Crippen molar-refractivity contribution in [3.8, 4) is 0 Å². The maximum Gasteiger partial charge on any atom is 0.228 e. The monoisotopic (exact) mass is 300 g/mol. The molecule has 0 fully saturated rings. The van der Waals surface area contributed by atoms with Crippen molar-refractivity contribution in [1.82, 2.24) is 14.8 Å². The number of anilines is 1. The van der Waals surface area contributed by atoms with Gasteiger partial charge in [0.2, 0.25) is 5.91 Å². The average molecular weight is 300 g/mol. The van der Waals surface area contributed by atoms with Gasteiger partial charge in [0.15, 0.2) is 5.13 Å². The standard InChI is InChI=1S/C15H16N4OS/c1-10-4-5-12-13(8-10)21-15(17-12)18-14(20)9-11(2)19-7-3-6-16-19/h3-8,11H,9H2,1-2H3,(H,17,18,20)/t11-/m0/s1. The van der Waals surface area contributed by atoms with Crippen molar-refractivity contribution in [1.29, 1.82) is 0 Å². The minimum absolute atomic E-state index is 0.0247. The summed E-state index contributed by atoms with van der Waals surface area (Å²) in [6, 6.07) is 7.95. The minimum Gasteiger partial charge on any atom is -0.302 e. The van der Waals surface area contributed by atoms with Crippen LogP contribution < -0.4 is 5.32 Å². The second-order valence-corrected chi connectivity index (χ2v) is 6.11. The zero-order chi connectivity index (χ0) is 14.8. The third-order valence-electron chi connectivity index (χ3n) is 3.25. The van der Waals surface area contributed by atoms with Crippen LogP contribution in [-0.2, 0) is 4.79 Å². The number of rotatable bonds is 4. The molecule has 0 spiro atoms. The highest BCUT2D eigenvalue weighted by Crippen LogP contribution is 2.27. The molecule has 21 heavy (non-hydrogen) atoms. The van der Waals surface area contributed by atoms with Crippen molar-refractivity contribution in [2.45, 2.75) is 26.3 Å². The minimum atomic E-state index is -0.0474. The SMILES string of the molecule is Cc1ccc2nc(NC(=O)C[C@H](C)n3cccn3)sc2c1. The first-order chi connectivity index (χ1) is 10.1. The van der Waals surface area contributed by atoms with Crippen LogP contribution in [0.3, 0.4) is 0 Å². The maximum atomic E-state index is 12.1. The lowest BCUT2D eigenvalue weighted by Crippen LogP contribution is -2.17. The summed E-state index contributed by atoms with van der Waals surface area (Å²) in [6.07, 6.45) is 3.94. The van der Waals surface area contributed by atoms with Gasteiger partial charge in [-0.25, -0.2) is 4.98 Å². The van der Waals surface area contributed by atoms with E-state index < -0.39 is 0 Å². The Morgan fingerprint density at radius 2 is 2.33 bits per heavy atom. The summed E-state index contributed by atoms with van der Waals surface area (Å²) in [4.78, 5) is 16.5. The molecule has 0 bridgehead atoms. The van der Waals surface area contributed by atoms with Crippen LogP contribution in [-0.4, -0.2) is 20.7 Å². The quantitative estimate of drug-likeness (QED) is 0.803. The van der Waals surface area contributed by atoms with E-state index in [9.17, 15) is 4.79 Å². The van der Waals surface area contributed by atoms with E-state index in [2.05, 4.69) is 21.5 Å². The van der Waals surface area contributed by atoms with Gasteiger partial charge in [-0.2, -0.15) is 5.10 Å². The number of fused-ring (bicyclic) bond motifs is 1. The second kappa shape index (κ2) is 5.65. The van der Waals surface area contributed by atoms with Crippen molar-refractivity contribution < 1.29 is 4.79 Å². The van der Waals surface area contributed by atoms with Crippen LogP contribution >= 0.6 is 11.3 Å². The number of nitrogens with zero attached hydrogens (tertiary/aromatic N) is 3. The Bertz CT molecular complexity index is 763. The largest absolute Gasteiger partial charge is 0.302 e. The summed E-state index contributed by atoms with van der Waals surface area (Å²) >= 11 is 1.50. The van der Waals surface area contributed by atoms with Crippen molar-refractivity contribution in [3.05, 3.63) is 42.2 Å². The number of hydrogen-bond acceptors (Lipinski definition) is 4. The van der Waals surface area contributed by atoms with Crippen molar-refractivity contribution in [2.24, 2.45) is 0 Å². The van der Waals surface area contributed by atoms with Gasteiger partial charge in [-0.3, -0.25) is 9.48 Å². The van der Waals surface area contributed by atoms with Gasteiger partial charge in [-0.05, 0) is 37.6 Å². The second-order valence-electron chi connectivity index (χ2n) is 5.08. The van der Waals surface area contributed by atoms with E-state index in [1.54, 1.807) is 10.9 Å². The molecule has 0 unspecified atom stereocenters. The van der Waals surface area contributed by atoms with Crippen molar-refractivity contribution >= 4 is 32.6 Å². The Morgan fingerprint density at radius 3 is 3.10 bits per heavy atom. The first-order valence-corrected chi connectivity index (χ1v) is 7.59. The molecule has 1 aromatic carbocycles. The number of amides is 1. The Morgan fingerprint density at radius 1 is 1.48 bits per heavy atom. The normalized spacial score (nSPS) is 12.5. The lowest BCUT2D eigenvalue weighted by molar-refractivity contribution is -0.116. The first kappa shape index (κ1) is 13.8. The molecule has 3 aromatic rings. The van der Waals surface area contributed by atoms with Gasteiger partial charge in [0.05, 0.1) is 16.3 Å². The van der Waals surface area contributed by atoms with Gasteiger partial charge < -0.3 is 5.32 Å². The smallest absolute Gasteiger partial charge is 0.228 e. The molecule has 0 aliphatic heterocycles. The number of nitrogens with one attached hydrogen (secondary N) is 1. The van der Waals surface area contributed by atoms with Crippen molar-refractivity contribution in [3.63, 3.8) is 0 Å². The zero-order valence-electron chi connectivity index (χ0n) is 11.9. The van der Waals surface area contributed by atoms with E-state index in [4.69, 9.17) is 0 Å². The average Bonchev–Trinajstić information content (AvgIpc) is 3.06. The van der Waals surface area contributed by atoms with Gasteiger partial charge in [-0.15, -0.1) is 0 Å². The van der Waals surface area contributed by atoms with Gasteiger partial charge in [0, 0.05) is 18.8 Å². The lowest BCUT2D eigenvalue weighted by atomic mass is 10.2. The molecule has 1 atom stereocenters. The molecule has 6 heteroatoms. The molecule has 0 aliphatic carbocycles. The third-order valence-corrected chi connectivity index (χ3v) is 4.18. The van der Waals surface area contributed by atoms with Crippen LogP contribution in [0.25, 0.3) is 10.2 Å². The zero-order valence-corrected chi connectivity index (χ0v) is 12.7. The van der Waals surface area contributed by atoms with E-state index in [0.717, 1.165) is 10.2 Å². The number of carbonyl (C=O) groups is 1. The molecular formula is C15H16N4OS. The highest BCUT2D eigenvalue weighted by Gasteiger charge is 2.13. The lowest BCUT2D eigenvalue weighted by Gasteiger charge is -2.10. The van der Waals surface area contributed by atoms with E-state index in [1.165, 1.54) is 16.9 Å². The Labute approximate surface area is 126 Å². The molecule has 2 heterocycles. The fourth-order valence-electron chi connectivity index (χ4n) is 2.16. The molecular weight excluding hydrogens is 284 g/mol. The molecule has 3 rings (SSSR count). The fourth-order valence-corrected chi connectivity index (χ4v) is 3.14. The Kier molecular flexibility index (Phi) is 3.70. The van der Waals surface area contributed by atoms with Crippen LogP contribution in [0.1, 0.15) is 24.9 Å². The van der Waals surface area contributed by atoms with Crippen LogP contribution in [0.2, 0.25) is 0 Å². The number of aromatic nitrogens is 3. The molecule has 0 radical (unpaired) electrons. The number of carbonyl (C=O) groups excluding carboxylic acids is 1. The highest BCUT2D eigenvalue weighted by atomic mass is 32.1. The van der Waals surface area contributed by atoms with Crippen LogP contribution in [0, 0.1) is 6.92 Å². The number of hydrogen-bond donors (Lipinski definition) is 1. The van der Waals surface area contributed by atoms with Gasteiger partial charge in [0.25, 0.3) is 0 Å². The van der Waals surface area contributed by atoms with E-state index >= 15 is 0 Å². The third kappa shape index (κ3) is 3.11. The van der Waals surface area contributed by atoms with Crippen molar-refractivity contribution in [2.75, 3.05) is 5.32 Å². The van der Waals surface area contributed by atoms with Crippen LogP contribution in [0.15, 0.2) is 36.7 Å². The fraction of sp³-hybridized carbons (Fsp3) is 0.267. The summed E-state index contributed by atoms with van der Waals surface area (Å²) in [5.41, 5.74) is 2.11. The highest BCUT2D eigenvalue weighted by molar-refractivity contribution is 7.22. The van der Waals surface area contributed by atoms with Gasteiger partial charge in [-0.1, -0.05) is 17.4 Å². The molecule has 5 nitrogen and oxygen atoms in total. The molecule has 1 amide bonds. The molecule has 2 aromatic heterocycles. The Hall–Kier alpha value is -2.21. The predicted octanol–water partition coefficient (Wildman–Crippen LogP) is 3.39. The molecule has 0 aliphatic rings. The summed E-state index contributed by atoms with van der Waals surface area (Å²) in [5, 5.41) is 7.66. The number of thiazole rings is 1. The van der Waals surface area contributed by atoms with E-state index in [-0.39, 0.29) is 11.9 Å². The molecule has 108 valence electrons. The summed E-state index contributed by atoms with van der Waals surface area (Å²) in [5.74, 6) is -0.0474. The summed E-state index contributed by atoms with van der Waals surface area (Å²) in [7, 11) is 0.